The molecule has 0 aliphatic heterocycles. The van der Waals surface area contributed by atoms with Crippen LogP contribution in [0.15, 0.2) is 90.0 Å². The summed E-state index contributed by atoms with van der Waals surface area (Å²) in [4.78, 5) is 9.48. The maximum atomic E-state index is 9.59. The maximum absolute atomic E-state index is 9.59. The van der Waals surface area contributed by atoms with Crippen LogP contribution < -0.4 is 5.84 Å². The van der Waals surface area contributed by atoms with Crippen LogP contribution in [-0.2, 0) is 0 Å². The summed E-state index contributed by atoms with van der Waals surface area (Å²) >= 11 is 0. The van der Waals surface area contributed by atoms with Gasteiger partial charge < -0.3 is 10.9 Å². The molecule has 0 aliphatic carbocycles. The first-order valence-corrected chi connectivity index (χ1v) is 9.23. The molecule has 4 rings (SSSR count). The van der Waals surface area contributed by atoms with Crippen molar-refractivity contribution in [3.63, 3.8) is 0 Å². The Morgan fingerprint density at radius 1 is 0.793 bits per heavy atom. The molecule has 0 saturated heterocycles. The molecule has 3 aromatic carbocycles. The van der Waals surface area contributed by atoms with E-state index in [9.17, 15) is 5.11 Å². The Morgan fingerprint density at radius 3 is 1.97 bits per heavy atom. The highest BCUT2D eigenvalue weighted by Crippen LogP contribution is 2.25. The number of aromatic hydroxyl groups is 1. The molecule has 0 fully saturated rings. The minimum absolute atomic E-state index is 0.171. The molecule has 3 N–H and O–H groups in total. The number of phenols is 1. The topological polar surface area (TPSA) is 84.4 Å². The molecule has 0 radical (unpaired) electrons. The highest BCUT2D eigenvalue weighted by molar-refractivity contribution is 6.10. The van der Waals surface area contributed by atoms with Crippen LogP contribution in [0, 0.1) is 6.92 Å². The van der Waals surface area contributed by atoms with Crippen LogP contribution in [0.4, 0.5) is 0 Å². The Kier molecular flexibility index (Phi) is 5.03. The van der Waals surface area contributed by atoms with E-state index >= 15 is 0 Å². The van der Waals surface area contributed by atoms with E-state index in [1.54, 1.807) is 24.3 Å². The third kappa shape index (κ3) is 3.99. The zero-order chi connectivity index (χ0) is 20.2. The summed E-state index contributed by atoms with van der Waals surface area (Å²) in [5.74, 6) is 6.31. The normalized spacial score (nSPS) is 11.4. The fourth-order valence-electron chi connectivity index (χ4n) is 3.06. The van der Waals surface area contributed by atoms with Crippen molar-refractivity contribution in [1.29, 1.82) is 0 Å². The molecule has 1 aromatic heterocycles. The number of aromatic nitrogens is 2. The van der Waals surface area contributed by atoms with Gasteiger partial charge in [0.15, 0.2) is 5.82 Å². The first-order valence-electron chi connectivity index (χ1n) is 9.23. The minimum Gasteiger partial charge on any atom is -0.508 e. The lowest BCUT2D eigenvalue weighted by atomic mass is 10.0. The molecular formula is C24H20N4O. The van der Waals surface area contributed by atoms with Crippen molar-refractivity contribution in [1.82, 2.24) is 9.97 Å². The standard InChI is InChI=1S/C24H20N4O/c1-16-7-9-18(10-8-16)22-15-21(17-5-3-2-4-6-17)26-24(27-22)23(28-25)19-11-13-20(29)14-12-19/h2-15,29H,25H2,1H3/b28-23+. The number of hydrogen-bond acceptors (Lipinski definition) is 5. The first-order chi connectivity index (χ1) is 14.1. The molecule has 0 bridgehead atoms. The average Bonchev–Trinajstić information content (AvgIpc) is 2.76. The number of hydrogen-bond donors (Lipinski definition) is 2. The number of nitrogens with two attached hydrogens (primary N) is 1. The van der Waals surface area contributed by atoms with Crippen LogP contribution in [0.3, 0.4) is 0 Å². The van der Waals surface area contributed by atoms with Gasteiger partial charge in [-0.2, -0.15) is 5.10 Å². The van der Waals surface area contributed by atoms with E-state index in [0.29, 0.717) is 11.5 Å². The monoisotopic (exact) mass is 380 g/mol. The van der Waals surface area contributed by atoms with Crippen molar-refractivity contribution >= 4 is 5.71 Å². The van der Waals surface area contributed by atoms with Crippen molar-refractivity contribution in [3.8, 4) is 28.3 Å². The van der Waals surface area contributed by atoms with Gasteiger partial charge in [0.25, 0.3) is 0 Å². The van der Waals surface area contributed by atoms with Gasteiger partial charge in [-0.3, -0.25) is 0 Å². The van der Waals surface area contributed by atoms with Crippen molar-refractivity contribution in [3.05, 3.63) is 102 Å². The van der Waals surface area contributed by atoms with Crippen molar-refractivity contribution in [2.75, 3.05) is 0 Å². The third-order valence-electron chi connectivity index (χ3n) is 4.62. The largest absolute Gasteiger partial charge is 0.508 e. The summed E-state index contributed by atoms with van der Waals surface area (Å²) in [6.45, 7) is 2.05. The van der Waals surface area contributed by atoms with Crippen LogP contribution in [-0.4, -0.2) is 20.8 Å². The molecule has 0 saturated carbocycles. The van der Waals surface area contributed by atoms with Gasteiger partial charge in [-0.15, -0.1) is 0 Å². The summed E-state index contributed by atoms with van der Waals surface area (Å²) in [7, 11) is 0. The summed E-state index contributed by atoms with van der Waals surface area (Å²) in [5, 5.41) is 13.5. The molecule has 0 amide bonds. The predicted molar refractivity (Wildman–Crippen MR) is 116 cm³/mol. The number of nitrogens with zero attached hydrogens (tertiary/aromatic N) is 3. The lowest BCUT2D eigenvalue weighted by molar-refractivity contribution is 0.475. The molecule has 5 nitrogen and oxygen atoms in total. The SMILES string of the molecule is Cc1ccc(-c2cc(-c3ccccc3)nc(/C(=N/N)c3ccc(O)cc3)n2)cc1. The highest BCUT2D eigenvalue weighted by Gasteiger charge is 2.15. The Labute approximate surface area is 169 Å². The van der Waals surface area contributed by atoms with Gasteiger partial charge in [0.1, 0.15) is 11.5 Å². The minimum atomic E-state index is 0.171. The predicted octanol–water partition coefficient (Wildman–Crippen LogP) is 4.54. The molecule has 29 heavy (non-hydrogen) atoms. The van der Waals surface area contributed by atoms with Gasteiger partial charge in [0.05, 0.1) is 11.4 Å². The number of benzene rings is 3. The van der Waals surface area contributed by atoms with Gasteiger partial charge in [0, 0.05) is 16.7 Å². The second-order valence-corrected chi connectivity index (χ2v) is 6.72. The average molecular weight is 380 g/mol. The van der Waals surface area contributed by atoms with Gasteiger partial charge in [-0.1, -0.05) is 60.2 Å². The number of rotatable bonds is 4. The quantitative estimate of drug-likeness (QED) is 0.309. The zero-order valence-electron chi connectivity index (χ0n) is 15.9. The van der Waals surface area contributed by atoms with Crippen molar-refractivity contribution in [2.24, 2.45) is 10.9 Å². The molecular weight excluding hydrogens is 360 g/mol. The first kappa shape index (κ1) is 18.4. The lowest BCUT2D eigenvalue weighted by Crippen LogP contribution is -2.12. The van der Waals surface area contributed by atoms with Crippen molar-refractivity contribution in [2.45, 2.75) is 6.92 Å². The van der Waals surface area contributed by atoms with Gasteiger partial charge >= 0.3 is 0 Å². The van der Waals surface area contributed by atoms with Gasteiger partial charge in [-0.25, -0.2) is 9.97 Å². The fourth-order valence-corrected chi connectivity index (χ4v) is 3.06. The fraction of sp³-hybridized carbons (Fsp3) is 0.0417. The van der Waals surface area contributed by atoms with E-state index in [-0.39, 0.29) is 5.75 Å². The molecule has 5 heteroatoms. The highest BCUT2D eigenvalue weighted by atomic mass is 16.3. The summed E-state index contributed by atoms with van der Waals surface area (Å²) in [5.41, 5.74) is 5.89. The van der Waals surface area contributed by atoms with E-state index in [0.717, 1.165) is 28.1 Å². The zero-order valence-corrected chi connectivity index (χ0v) is 15.9. The van der Waals surface area contributed by atoms with Gasteiger partial charge in [0.2, 0.25) is 0 Å². The smallest absolute Gasteiger partial charge is 0.181 e. The van der Waals surface area contributed by atoms with E-state index in [1.165, 1.54) is 5.56 Å². The van der Waals surface area contributed by atoms with Gasteiger partial charge in [-0.05, 0) is 37.3 Å². The van der Waals surface area contributed by atoms with Crippen LogP contribution in [0.25, 0.3) is 22.5 Å². The van der Waals surface area contributed by atoms with Crippen LogP contribution in [0.2, 0.25) is 0 Å². The van der Waals surface area contributed by atoms with E-state index in [2.05, 4.69) is 24.2 Å². The molecule has 0 unspecified atom stereocenters. The number of hydrazone groups is 1. The summed E-state index contributed by atoms with van der Waals surface area (Å²) in [6.07, 6.45) is 0. The van der Waals surface area contributed by atoms with Crippen LogP contribution in [0.1, 0.15) is 17.0 Å². The second-order valence-electron chi connectivity index (χ2n) is 6.72. The van der Waals surface area contributed by atoms with Crippen molar-refractivity contribution < 1.29 is 5.11 Å². The number of aryl methyl sites for hydroxylation is 1. The second kappa shape index (κ2) is 7.94. The van der Waals surface area contributed by atoms with E-state index in [1.807, 2.05) is 48.5 Å². The molecule has 0 spiro atoms. The van der Waals surface area contributed by atoms with Crippen LogP contribution in [0.5, 0.6) is 5.75 Å². The molecule has 0 aliphatic rings. The Bertz CT molecular complexity index is 1150. The Morgan fingerprint density at radius 2 is 1.38 bits per heavy atom. The molecule has 1 heterocycles. The van der Waals surface area contributed by atoms with Crippen LogP contribution >= 0.6 is 0 Å². The Balaban J connectivity index is 1.89. The molecule has 0 atom stereocenters. The summed E-state index contributed by atoms with van der Waals surface area (Å²) in [6, 6.07) is 26.7. The number of phenolic OH excluding ortho intramolecular Hbond substituents is 1. The Hall–Kier alpha value is -3.99. The summed E-state index contributed by atoms with van der Waals surface area (Å²) < 4.78 is 0. The maximum Gasteiger partial charge on any atom is 0.181 e. The third-order valence-corrected chi connectivity index (χ3v) is 4.62. The van der Waals surface area contributed by atoms with E-state index < -0.39 is 0 Å². The lowest BCUT2D eigenvalue weighted by Gasteiger charge is -2.11. The molecule has 4 aromatic rings. The van der Waals surface area contributed by atoms with E-state index in [4.69, 9.17) is 15.8 Å². The molecule has 142 valence electrons.